The summed E-state index contributed by atoms with van der Waals surface area (Å²) in [4.78, 5) is 13.1. The Morgan fingerprint density at radius 2 is 1.50 bits per heavy atom. The van der Waals surface area contributed by atoms with E-state index in [4.69, 9.17) is 0 Å². The van der Waals surface area contributed by atoms with Crippen LogP contribution in [0.5, 0.6) is 5.75 Å². The van der Waals surface area contributed by atoms with Gasteiger partial charge in [-0.25, -0.2) is 0 Å². The Kier molecular flexibility index (Phi) is 4.64. The van der Waals surface area contributed by atoms with Crippen LogP contribution in [-0.4, -0.2) is 10.9 Å². The molecular formula is C23H19BrO2. The number of halogens is 1. The first-order chi connectivity index (χ1) is 12.6. The zero-order chi connectivity index (χ0) is 18.1. The van der Waals surface area contributed by atoms with Crippen LogP contribution in [0, 0.1) is 5.92 Å². The van der Waals surface area contributed by atoms with Gasteiger partial charge in [0.15, 0.2) is 5.78 Å². The highest BCUT2D eigenvalue weighted by molar-refractivity contribution is 9.10. The number of benzene rings is 3. The Morgan fingerprint density at radius 3 is 2.19 bits per heavy atom. The molecule has 1 N–H and O–H groups in total. The average molecular weight is 407 g/mol. The quantitative estimate of drug-likeness (QED) is 0.545. The number of para-hydroxylation sites is 1. The second-order valence-corrected chi connectivity index (χ2v) is 7.73. The number of ketones is 1. The fourth-order valence-electron chi connectivity index (χ4n) is 4.00. The van der Waals surface area contributed by atoms with E-state index in [1.165, 1.54) is 11.1 Å². The Balaban J connectivity index is 1.70. The van der Waals surface area contributed by atoms with E-state index in [1.807, 2.05) is 30.3 Å². The molecule has 0 aliphatic heterocycles. The third kappa shape index (κ3) is 3.08. The van der Waals surface area contributed by atoms with Crippen molar-refractivity contribution in [2.45, 2.75) is 18.3 Å². The summed E-state index contributed by atoms with van der Waals surface area (Å²) >= 11 is 3.48. The first-order valence-electron chi connectivity index (χ1n) is 8.78. The lowest BCUT2D eigenvalue weighted by Gasteiger charge is -2.45. The van der Waals surface area contributed by atoms with E-state index < -0.39 is 0 Å². The van der Waals surface area contributed by atoms with Crippen LogP contribution in [0.4, 0.5) is 0 Å². The van der Waals surface area contributed by atoms with Gasteiger partial charge in [-0.3, -0.25) is 4.79 Å². The summed E-state index contributed by atoms with van der Waals surface area (Å²) < 4.78 is 1.03. The molecule has 0 aromatic heterocycles. The third-order valence-electron chi connectivity index (χ3n) is 5.36. The second-order valence-electron chi connectivity index (χ2n) is 6.82. The lowest BCUT2D eigenvalue weighted by atomic mass is 9.57. The van der Waals surface area contributed by atoms with Gasteiger partial charge in [0, 0.05) is 16.3 Å². The lowest BCUT2D eigenvalue weighted by molar-refractivity contribution is 0.0778. The molecule has 0 spiro atoms. The summed E-state index contributed by atoms with van der Waals surface area (Å²) in [7, 11) is 0. The summed E-state index contributed by atoms with van der Waals surface area (Å²) in [5.74, 6) is 0.419. The van der Waals surface area contributed by atoms with Crippen molar-refractivity contribution in [2.24, 2.45) is 5.92 Å². The van der Waals surface area contributed by atoms with Crippen LogP contribution >= 0.6 is 15.9 Å². The van der Waals surface area contributed by atoms with Gasteiger partial charge in [0.05, 0.1) is 5.56 Å². The van der Waals surface area contributed by atoms with Crippen molar-refractivity contribution in [3.63, 3.8) is 0 Å². The van der Waals surface area contributed by atoms with Gasteiger partial charge in [-0.15, -0.1) is 0 Å². The van der Waals surface area contributed by atoms with Gasteiger partial charge in [-0.2, -0.15) is 0 Å². The third-order valence-corrected chi connectivity index (χ3v) is 5.89. The molecule has 4 rings (SSSR count). The largest absolute Gasteiger partial charge is 0.507 e. The van der Waals surface area contributed by atoms with Gasteiger partial charge < -0.3 is 5.11 Å². The maximum Gasteiger partial charge on any atom is 0.170 e. The topological polar surface area (TPSA) is 37.3 Å². The highest BCUT2D eigenvalue weighted by Gasteiger charge is 2.46. The van der Waals surface area contributed by atoms with Crippen molar-refractivity contribution in [3.8, 4) is 5.75 Å². The Labute approximate surface area is 161 Å². The predicted octanol–water partition coefficient (Wildman–Crippen LogP) is 5.92. The number of phenolic OH excluding ortho intramolecular Hbond substituents is 1. The minimum Gasteiger partial charge on any atom is -0.507 e. The highest BCUT2D eigenvalue weighted by atomic mass is 79.9. The first-order valence-corrected chi connectivity index (χ1v) is 9.57. The van der Waals surface area contributed by atoms with Crippen LogP contribution in [0.25, 0.3) is 0 Å². The minimum atomic E-state index is -0.116. The van der Waals surface area contributed by atoms with E-state index in [2.05, 4.69) is 40.2 Å². The maximum atomic E-state index is 13.1. The van der Waals surface area contributed by atoms with Crippen molar-refractivity contribution in [3.05, 3.63) is 100 Å². The predicted molar refractivity (Wildman–Crippen MR) is 107 cm³/mol. The first kappa shape index (κ1) is 17.0. The number of aromatic hydroxyl groups is 1. The molecular weight excluding hydrogens is 388 g/mol. The number of rotatable bonds is 4. The normalized spacial score (nSPS) is 21.8. The number of phenols is 1. The monoisotopic (exact) mass is 406 g/mol. The molecule has 0 radical (unpaired) electrons. The number of carbonyl (C=O) groups is 1. The summed E-state index contributed by atoms with van der Waals surface area (Å²) in [6.45, 7) is 0. The molecule has 1 saturated carbocycles. The molecule has 3 aromatic rings. The van der Waals surface area contributed by atoms with Crippen LogP contribution < -0.4 is 0 Å². The maximum absolute atomic E-state index is 13.1. The number of Topliss-reactive ketones (excluding diaryl/α,β-unsaturated/α-hetero) is 1. The highest BCUT2D eigenvalue weighted by Crippen LogP contribution is 2.54. The number of carbonyl (C=O) groups excluding carboxylic acids is 1. The summed E-state index contributed by atoms with van der Waals surface area (Å²) in [6.07, 6.45) is 0.803. The fourth-order valence-corrected chi connectivity index (χ4v) is 4.26. The van der Waals surface area contributed by atoms with E-state index in [9.17, 15) is 9.90 Å². The average Bonchev–Trinajstić information content (AvgIpc) is 2.64. The Hall–Kier alpha value is -2.39. The lowest BCUT2D eigenvalue weighted by Crippen LogP contribution is -2.38. The van der Waals surface area contributed by atoms with Gasteiger partial charge in [0.2, 0.25) is 0 Å². The van der Waals surface area contributed by atoms with Crippen molar-refractivity contribution in [1.29, 1.82) is 0 Å². The summed E-state index contributed by atoms with van der Waals surface area (Å²) in [5.41, 5.74) is 2.86. The van der Waals surface area contributed by atoms with E-state index in [-0.39, 0.29) is 23.4 Å². The smallest absolute Gasteiger partial charge is 0.170 e. The number of hydrogen-bond donors (Lipinski definition) is 1. The van der Waals surface area contributed by atoms with Crippen LogP contribution in [0.1, 0.15) is 39.7 Å². The molecule has 2 nitrogen and oxygen atoms in total. The van der Waals surface area contributed by atoms with Crippen molar-refractivity contribution in [2.75, 3.05) is 0 Å². The molecule has 3 heteroatoms. The van der Waals surface area contributed by atoms with Gasteiger partial charge in [0.1, 0.15) is 5.75 Å². The fraction of sp³-hybridized carbons (Fsp3) is 0.174. The van der Waals surface area contributed by atoms with Gasteiger partial charge in [-0.1, -0.05) is 70.5 Å². The molecule has 3 aromatic carbocycles. The molecule has 0 saturated heterocycles. The van der Waals surface area contributed by atoms with E-state index in [0.29, 0.717) is 11.5 Å². The molecule has 0 heterocycles. The Bertz CT molecular complexity index is 918. The van der Waals surface area contributed by atoms with E-state index in [1.54, 1.807) is 24.3 Å². The standard InChI is InChI=1S/C23H19BrO2/c24-17-12-10-16(11-13-17)22-19(15-6-2-1-3-7-15)14-20(22)23(26)18-8-4-5-9-21(18)25/h1-13,19-20,22,25H,14H2/t19-,20?,22-/m1/s1. The molecule has 1 aliphatic carbocycles. The SMILES string of the molecule is O=C(c1ccccc1O)C1C[C@H](c2ccccc2)[C@H]1c1ccc(Br)cc1. The van der Waals surface area contributed by atoms with Gasteiger partial charge in [0.25, 0.3) is 0 Å². The molecule has 26 heavy (non-hydrogen) atoms. The zero-order valence-electron chi connectivity index (χ0n) is 14.2. The molecule has 3 atom stereocenters. The van der Waals surface area contributed by atoms with E-state index in [0.717, 1.165) is 10.9 Å². The van der Waals surface area contributed by atoms with Crippen LogP contribution in [0.2, 0.25) is 0 Å². The van der Waals surface area contributed by atoms with Crippen molar-refractivity contribution in [1.82, 2.24) is 0 Å². The van der Waals surface area contributed by atoms with Gasteiger partial charge in [-0.05, 0) is 47.7 Å². The number of hydrogen-bond acceptors (Lipinski definition) is 2. The molecule has 1 unspecified atom stereocenters. The molecule has 0 bridgehead atoms. The van der Waals surface area contributed by atoms with Crippen molar-refractivity contribution >= 4 is 21.7 Å². The Morgan fingerprint density at radius 1 is 0.846 bits per heavy atom. The molecule has 130 valence electrons. The molecule has 0 amide bonds. The molecule has 1 aliphatic rings. The van der Waals surface area contributed by atoms with Crippen LogP contribution in [0.3, 0.4) is 0 Å². The second kappa shape index (κ2) is 7.08. The van der Waals surface area contributed by atoms with Crippen LogP contribution in [-0.2, 0) is 0 Å². The van der Waals surface area contributed by atoms with Crippen molar-refractivity contribution < 1.29 is 9.90 Å². The van der Waals surface area contributed by atoms with Crippen LogP contribution in [0.15, 0.2) is 83.3 Å². The van der Waals surface area contributed by atoms with E-state index >= 15 is 0 Å². The van der Waals surface area contributed by atoms with Gasteiger partial charge >= 0.3 is 0 Å². The summed E-state index contributed by atoms with van der Waals surface area (Å²) in [6, 6.07) is 25.5. The minimum absolute atomic E-state index is 0.0307. The molecule has 1 fully saturated rings. The zero-order valence-corrected chi connectivity index (χ0v) is 15.8. The summed E-state index contributed by atoms with van der Waals surface area (Å²) in [5, 5.41) is 10.1.